The molecule has 2 unspecified atom stereocenters. The van der Waals surface area contributed by atoms with Crippen molar-refractivity contribution in [2.75, 3.05) is 12.8 Å². The lowest BCUT2D eigenvalue weighted by Crippen LogP contribution is -1.53. The zero-order valence-electron chi connectivity index (χ0n) is 3.14. The Morgan fingerprint density at radius 2 is 2.20 bits per heavy atom. The standard InChI is InChI=1S/C3H6PS/c1-4-2-3(4)5-4/h3H,2H2,1H3/q+1. The lowest BCUT2D eigenvalue weighted by atomic mass is 11.0. The fourth-order valence-corrected chi connectivity index (χ4v) is 6.59. The van der Waals surface area contributed by atoms with Gasteiger partial charge in [-0.3, -0.25) is 0 Å². The van der Waals surface area contributed by atoms with Crippen molar-refractivity contribution < 1.29 is 0 Å². The summed E-state index contributed by atoms with van der Waals surface area (Å²) in [4.78, 5) is 1.22. The van der Waals surface area contributed by atoms with Crippen LogP contribution >= 0.6 is 17.8 Å². The Hall–Kier alpha value is 0.780. The van der Waals surface area contributed by atoms with Gasteiger partial charge in [-0.2, -0.15) is 0 Å². The Balaban J connectivity index is 2.37. The Kier molecular flexibility index (Phi) is 0.283. The molecule has 0 bridgehead atoms. The zero-order valence-corrected chi connectivity index (χ0v) is 4.85. The largest absolute Gasteiger partial charge is 0.194 e. The van der Waals surface area contributed by atoms with Crippen LogP contribution in [0.3, 0.4) is 0 Å². The molecular formula is C3H6PS+. The van der Waals surface area contributed by atoms with E-state index in [1.54, 1.807) is 6.16 Å². The summed E-state index contributed by atoms with van der Waals surface area (Å²) < 4.78 is 0. The smallest absolute Gasteiger partial charge is 0.0610 e. The van der Waals surface area contributed by atoms with Crippen LogP contribution in [0.5, 0.6) is 0 Å². The average molecular weight is 105 g/mol. The van der Waals surface area contributed by atoms with Crippen LogP contribution in [0, 0.1) is 0 Å². The molecule has 0 aromatic heterocycles. The van der Waals surface area contributed by atoms with Gasteiger partial charge in [-0.25, -0.2) is 0 Å². The Morgan fingerprint density at radius 3 is 2.20 bits per heavy atom. The maximum Gasteiger partial charge on any atom is 0.194 e. The first-order chi connectivity index (χ1) is 2.31. The van der Waals surface area contributed by atoms with E-state index in [1.165, 1.54) is 4.99 Å². The molecule has 2 saturated heterocycles. The van der Waals surface area contributed by atoms with Crippen LogP contribution in [0.25, 0.3) is 0 Å². The topological polar surface area (TPSA) is 0 Å². The fraction of sp³-hybridized carbons (Fsp3) is 1.00. The van der Waals surface area contributed by atoms with Crippen LogP contribution < -0.4 is 0 Å². The van der Waals surface area contributed by atoms with Crippen LogP contribution in [0.4, 0.5) is 0 Å². The number of hydrogen-bond acceptors (Lipinski definition) is 1. The number of hydrogen-bond donors (Lipinski definition) is 0. The molecule has 0 amide bonds. The highest BCUT2D eigenvalue weighted by atomic mass is 32.8. The molecule has 2 aliphatic heterocycles. The molecule has 0 N–H and O–H groups in total. The molecule has 0 aromatic carbocycles. The monoisotopic (exact) mass is 105 g/mol. The van der Waals surface area contributed by atoms with E-state index in [0.29, 0.717) is 0 Å². The van der Waals surface area contributed by atoms with E-state index < -0.39 is 0 Å². The van der Waals surface area contributed by atoms with Gasteiger partial charge in [0.1, 0.15) is 12.6 Å². The molecule has 0 spiro atoms. The molecular weight excluding hydrogens is 99.1 g/mol. The third-order valence-corrected chi connectivity index (χ3v) is 8.51. The van der Waals surface area contributed by atoms with Crippen molar-refractivity contribution in [3.05, 3.63) is 0 Å². The van der Waals surface area contributed by atoms with Crippen molar-refractivity contribution in [2.24, 2.45) is 0 Å². The molecule has 0 nitrogen and oxygen atoms in total. The molecule has 0 saturated carbocycles. The first kappa shape index (κ1) is 2.87. The van der Waals surface area contributed by atoms with Crippen molar-refractivity contribution in [1.82, 2.24) is 0 Å². The van der Waals surface area contributed by atoms with Crippen molar-refractivity contribution >= 4 is 17.8 Å². The summed E-state index contributed by atoms with van der Waals surface area (Å²) in [6.45, 7) is 2.39. The molecule has 2 atom stereocenters. The summed E-state index contributed by atoms with van der Waals surface area (Å²) in [7, 11) is 0. The molecule has 2 heterocycles. The molecule has 5 heavy (non-hydrogen) atoms. The van der Waals surface area contributed by atoms with Crippen molar-refractivity contribution in [2.45, 2.75) is 4.99 Å². The predicted molar refractivity (Wildman–Crippen MR) is 29.1 cm³/mol. The van der Waals surface area contributed by atoms with E-state index >= 15 is 0 Å². The summed E-state index contributed by atoms with van der Waals surface area (Å²) in [5.74, 6) is 0. The highest BCUT2D eigenvalue weighted by Gasteiger charge is 2.81. The average Bonchev–Trinajstić information content (AvgIpc) is 1.74. The fourth-order valence-electron chi connectivity index (χ4n) is 0.505. The van der Waals surface area contributed by atoms with E-state index in [2.05, 4.69) is 18.0 Å². The summed E-state index contributed by atoms with van der Waals surface area (Å²) in [6.07, 6.45) is 1.62. The van der Waals surface area contributed by atoms with E-state index in [4.69, 9.17) is 0 Å². The van der Waals surface area contributed by atoms with Gasteiger partial charge in [0.05, 0.1) is 18.0 Å². The van der Waals surface area contributed by atoms with Crippen LogP contribution in [0.15, 0.2) is 0 Å². The second-order valence-electron chi connectivity index (χ2n) is 1.92. The van der Waals surface area contributed by atoms with E-state index in [-0.39, 0.29) is 6.46 Å². The second kappa shape index (κ2) is 0.492. The summed E-state index contributed by atoms with van der Waals surface area (Å²) >= 11 is 2.23. The lowest BCUT2D eigenvalue weighted by Gasteiger charge is -1.65. The number of fused-ring (bicyclic) bond motifs is 1. The quantitative estimate of drug-likeness (QED) is 0.333. The molecule has 2 rings (SSSR count). The summed E-state index contributed by atoms with van der Waals surface area (Å²) in [5.41, 5.74) is 0. The first-order valence-corrected chi connectivity index (χ1v) is 5.82. The van der Waals surface area contributed by atoms with Gasteiger partial charge in [-0.1, -0.05) is 0 Å². The molecule has 2 heteroatoms. The minimum Gasteiger partial charge on any atom is 0.0610 e. The number of rotatable bonds is 0. The molecule has 28 valence electrons. The predicted octanol–water partition coefficient (Wildman–Crippen LogP) is 1.64. The maximum absolute atomic E-state index is 2.45. The van der Waals surface area contributed by atoms with Crippen molar-refractivity contribution in [3.8, 4) is 0 Å². The molecule has 0 radical (unpaired) electrons. The van der Waals surface area contributed by atoms with Crippen molar-refractivity contribution in [1.29, 1.82) is 0 Å². The summed E-state index contributed by atoms with van der Waals surface area (Å²) in [5, 5.41) is 0. The first-order valence-electron chi connectivity index (χ1n) is 1.85. The van der Waals surface area contributed by atoms with E-state index in [1.807, 2.05) is 0 Å². The molecule has 2 fully saturated rings. The Morgan fingerprint density at radius 1 is 2.00 bits per heavy atom. The maximum atomic E-state index is 2.45. The second-order valence-corrected chi connectivity index (χ2v) is 9.52. The van der Waals surface area contributed by atoms with Gasteiger partial charge in [0.2, 0.25) is 0 Å². The highest BCUT2D eigenvalue weighted by Crippen LogP contribution is 3.06. The van der Waals surface area contributed by atoms with Gasteiger partial charge in [0.25, 0.3) is 0 Å². The van der Waals surface area contributed by atoms with Crippen LogP contribution in [-0.2, 0) is 0 Å². The minimum absolute atomic E-state index is 0.0556. The van der Waals surface area contributed by atoms with Gasteiger partial charge in [0, 0.05) is 0 Å². The Bertz CT molecular complexity index is 75.0. The van der Waals surface area contributed by atoms with E-state index in [9.17, 15) is 0 Å². The molecule has 0 aromatic rings. The molecule has 0 aliphatic carbocycles. The zero-order chi connectivity index (χ0) is 3.49. The van der Waals surface area contributed by atoms with Crippen LogP contribution in [0.1, 0.15) is 0 Å². The van der Waals surface area contributed by atoms with Crippen LogP contribution in [0.2, 0.25) is 0 Å². The van der Waals surface area contributed by atoms with Gasteiger partial charge in [-0.05, 0) is 0 Å². The lowest BCUT2D eigenvalue weighted by molar-refractivity contribution is 1.65. The summed E-state index contributed by atoms with van der Waals surface area (Å²) in [6, 6.07) is 0. The minimum atomic E-state index is -0.0556. The highest BCUT2D eigenvalue weighted by molar-refractivity contribution is 8.82. The van der Waals surface area contributed by atoms with Gasteiger partial charge >= 0.3 is 0 Å². The third-order valence-electron chi connectivity index (χ3n) is 1.31. The normalized spacial score (nSPS) is 70.2. The van der Waals surface area contributed by atoms with Gasteiger partial charge < -0.3 is 0 Å². The van der Waals surface area contributed by atoms with Crippen LogP contribution in [-0.4, -0.2) is 17.8 Å². The van der Waals surface area contributed by atoms with Gasteiger partial charge in [-0.15, -0.1) is 0 Å². The third kappa shape index (κ3) is 0.226. The van der Waals surface area contributed by atoms with Gasteiger partial charge in [0.15, 0.2) is 4.99 Å². The van der Waals surface area contributed by atoms with Crippen molar-refractivity contribution in [3.63, 3.8) is 0 Å². The van der Waals surface area contributed by atoms with E-state index in [0.717, 1.165) is 0 Å². The SMILES string of the molecule is C[P+]12CC1S2. The molecule has 2 aliphatic rings. The Labute approximate surface area is 36.4 Å².